The van der Waals surface area contributed by atoms with Crippen molar-refractivity contribution in [2.45, 2.75) is 33.8 Å². The molecule has 1 aromatic heterocycles. The molecule has 0 aliphatic heterocycles. The first-order chi connectivity index (χ1) is 8.99. The van der Waals surface area contributed by atoms with Crippen LogP contribution in [-0.2, 0) is 0 Å². The standard InChI is InChI=1S/C15H19N3O/c1-9(2)19-13-6-5-12(7-10(13)3)15-14(16)11(4)17-8-18-15/h5-9H,16H2,1-4H3. The first-order valence-electron chi connectivity index (χ1n) is 6.33. The van der Waals surface area contributed by atoms with E-state index in [9.17, 15) is 0 Å². The minimum Gasteiger partial charge on any atom is -0.491 e. The monoisotopic (exact) mass is 257 g/mol. The molecule has 0 aliphatic carbocycles. The largest absolute Gasteiger partial charge is 0.491 e. The van der Waals surface area contributed by atoms with E-state index in [2.05, 4.69) is 9.97 Å². The van der Waals surface area contributed by atoms with Gasteiger partial charge in [-0.05, 0) is 51.5 Å². The quantitative estimate of drug-likeness (QED) is 0.917. The van der Waals surface area contributed by atoms with Crippen LogP contribution in [0.25, 0.3) is 11.3 Å². The molecule has 0 bridgehead atoms. The summed E-state index contributed by atoms with van der Waals surface area (Å²) in [5.74, 6) is 0.892. The van der Waals surface area contributed by atoms with Crippen molar-refractivity contribution < 1.29 is 4.74 Å². The van der Waals surface area contributed by atoms with E-state index in [0.29, 0.717) is 5.69 Å². The molecule has 0 saturated heterocycles. The second kappa shape index (κ2) is 5.26. The van der Waals surface area contributed by atoms with Gasteiger partial charge in [-0.1, -0.05) is 0 Å². The van der Waals surface area contributed by atoms with Crippen LogP contribution in [0.15, 0.2) is 24.5 Å². The van der Waals surface area contributed by atoms with Crippen LogP contribution >= 0.6 is 0 Å². The van der Waals surface area contributed by atoms with Crippen LogP contribution in [0.2, 0.25) is 0 Å². The number of rotatable bonds is 3. The molecule has 0 unspecified atom stereocenters. The molecule has 4 heteroatoms. The summed E-state index contributed by atoms with van der Waals surface area (Å²) in [4.78, 5) is 8.35. The van der Waals surface area contributed by atoms with Gasteiger partial charge < -0.3 is 10.5 Å². The molecule has 0 spiro atoms. The topological polar surface area (TPSA) is 61.0 Å². The van der Waals surface area contributed by atoms with Crippen molar-refractivity contribution in [1.29, 1.82) is 0 Å². The predicted octanol–water partition coefficient (Wildman–Crippen LogP) is 3.13. The SMILES string of the molecule is Cc1cc(-c2ncnc(C)c2N)ccc1OC(C)C. The predicted molar refractivity (Wildman–Crippen MR) is 77.1 cm³/mol. The Balaban J connectivity index is 2.42. The Labute approximate surface area is 113 Å². The van der Waals surface area contributed by atoms with E-state index in [1.54, 1.807) is 0 Å². The van der Waals surface area contributed by atoms with Gasteiger partial charge in [0.05, 0.1) is 23.2 Å². The molecule has 2 rings (SSSR count). The molecular weight excluding hydrogens is 238 g/mol. The minimum absolute atomic E-state index is 0.163. The molecule has 2 aromatic rings. The van der Waals surface area contributed by atoms with Gasteiger partial charge in [-0.15, -0.1) is 0 Å². The summed E-state index contributed by atoms with van der Waals surface area (Å²) in [5, 5.41) is 0. The molecule has 0 radical (unpaired) electrons. The third-order valence-corrected chi connectivity index (χ3v) is 2.89. The highest BCUT2D eigenvalue weighted by Crippen LogP contribution is 2.29. The number of hydrogen-bond donors (Lipinski definition) is 1. The lowest BCUT2D eigenvalue weighted by Crippen LogP contribution is -2.06. The Kier molecular flexibility index (Phi) is 3.69. The van der Waals surface area contributed by atoms with E-state index in [1.165, 1.54) is 6.33 Å². The molecule has 1 heterocycles. The van der Waals surface area contributed by atoms with Crippen molar-refractivity contribution in [1.82, 2.24) is 9.97 Å². The minimum atomic E-state index is 0.163. The summed E-state index contributed by atoms with van der Waals surface area (Å²) in [6.45, 7) is 7.92. The van der Waals surface area contributed by atoms with Gasteiger partial charge in [0.25, 0.3) is 0 Å². The lowest BCUT2D eigenvalue weighted by atomic mass is 10.1. The first kappa shape index (κ1) is 13.3. The van der Waals surface area contributed by atoms with Crippen LogP contribution < -0.4 is 10.5 Å². The fraction of sp³-hybridized carbons (Fsp3) is 0.333. The number of anilines is 1. The smallest absolute Gasteiger partial charge is 0.122 e. The van der Waals surface area contributed by atoms with Gasteiger partial charge in [0.15, 0.2) is 0 Å². The third kappa shape index (κ3) is 2.84. The molecule has 4 nitrogen and oxygen atoms in total. The van der Waals surface area contributed by atoms with Gasteiger partial charge in [-0.3, -0.25) is 0 Å². The van der Waals surface area contributed by atoms with Gasteiger partial charge in [-0.2, -0.15) is 0 Å². The van der Waals surface area contributed by atoms with Crippen molar-refractivity contribution in [3.05, 3.63) is 35.8 Å². The Morgan fingerprint density at radius 1 is 1.16 bits per heavy atom. The van der Waals surface area contributed by atoms with E-state index in [1.807, 2.05) is 45.9 Å². The number of hydrogen-bond acceptors (Lipinski definition) is 4. The molecule has 19 heavy (non-hydrogen) atoms. The fourth-order valence-electron chi connectivity index (χ4n) is 1.90. The third-order valence-electron chi connectivity index (χ3n) is 2.89. The highest BCUT2D eigenvalue weighted by atomic mass is 16.5. The molecule has 2 N–H and O–H groups in total. The molecule has 0 fully saturated rings. The first-order valence-corrected chi connectivity index (χ1v) is 6.33. The van der Waals surface area contributed by atoms with Crippen LogP contribution in [0, 0.1) is 13.8 Å². The van der Waals surface area contributed by atoms with Gasteiger partial charge >= 0.3 is 0 Å². The number of nitrogen functional groups attached to an aromatic ring is 1. The van der Waals surface area contributed by atoms with Crippen molar-refractivity contribution in [3.8, 4) is 17.0 Å². The number of benzene rings is 1. The number of aryl methyl sites for hydroxylation is 2. The summed E-state index contributed by atoms with van der Waals surface area (Å²) in [6.07, 6.45) is 1.70. The molecule has 0 aliphatic rings. The normalized spacial score (nSPS) is 10.8. The number of nitrogens with zero attached hydrogens (tertiary/aromatic N) is 2. The van der Waals surface area contributed by atoms with E-state index < -0.39 is 0 Å². The molecule has 100 valence electrons. The lowest BCUT2D eigenvalue weighted by molar-refractivity contribution is 0.241. The number of ether oxygens (including phenoxy) is 1. The zero-order valence-corrected chi connectivity index (χ0v) is 11.8. The Morgan fingerprint density at radius 3 is 2.53 bits per heavy atom. The summed E-state index contributed by atoms with van der Waals surface area (Å²) in [5.41, 5.74) is 10.3. The van der Waals surface area contributed by atoms with Crippen molar-refractivity contribution in [3.63, 3.8) is 0 Å². The van der Waals surface area contributed by atoms with Crippen LogP contribution in [0.1, 0.15) is 25.1 Å². The van der Waals surface area contributed by atoms with Gasteiger partial charge in [0.1, 0.15) is 12.1 Å². The zero-order valence-electron chi connectivity index (χ0n) is 11.8. The summed E-state index contributed by atoms with van der Waals surface area (Å²) < 4.78 is 5.73. The average molecular weight is 257 g/mol. The van der Waals surface area contributed by atoms with Crippen LogP contribution in [0.4, 0.5) is 5.69 Å². The second-order valence-electron chi connectivity index (χ2n) is 4.87. The van der Waals surface area contributed by atoms with Crippen LogP contribution in [0.5, 0.6) is 5.75 Å². The maximum Gasteiger partial charge on any atom is 0.122 e. The molecule has 0 atom stereocenters. The maximum absolute atomic E-state index is 6.03. The molecule has 0 saturated carbocycles. The van der Waals surface area contributed by atoms with E-state index in [0.717, 1.165) is 28.3 Å². The Morgan fingerprint density at radius 2 is 1.89 bits per heavy atom. The average Bonchev–Trinajstić information content (AvgIpc) is 2.35. The summed E-state index contributed by atoms with van der Waals surface area (Å²) in [6, 6.07) is 5.97. The maximum atomic E-state index is 6.03. The number of aromatic nitrogens is 2. The van der Waals surface area contributed by atoms with E-state index >= 15 is 0 Å². The van der Waals surface area contributed by atoms with Gasteiger partial charge in [0.2, 0.25) is 0 Å². The molecule has 0 amide bonds. The number of nitrogens with two attached hydrogens (primary N) is 1. The highest BCUT2D eigenvalue weighted by Gasteiger charge is 2.10. The molecular formula is C15H19N3O. The van der Waals surface area contributed by atoms with Gasteiger partial charge in [0, 0.05) is 5.56 Å². The molecule has 1 aromatic carbocycles. The Hall–Kier alpha value is -2.10. The summed E-state index contributed by atoms with van der Waals surface area (Å²) in [7, 11) is 0. The van der Waals surface area contributed by atoms with Crippen LogP contribution in [0.3, 0.4) is 0 Å². The fourth-order valence-corrected chi connectivity index (χ4v) is 1.90. The van der Waals surface area contributed by atoms with Crippen molar-refractivity contribution >= 4 is 5.69 Å². The Bertz CT molecular complexity index is 594. The van der Waals surface area contributed by atoms with E-state index in [-0.39, 0.29) is 6.10 Å². The second-order valence-corrected chi connectivity index (χ2v) is 4.87. The zero-order chi connectivity index (χ0) is 14.0. The highest BCUT2D eigenvalue weighted by molar-refractivity contribution is 5.74. The lowest BCUT2D eigenvalue weighted by Gasteiger charge is -2.14. The van der Waals surface area contributed by atoms with E-state index in [4.69, 9.17) is 10.5 Å². The van der Waals surface area contributed by atoms with Crippen molar-refractivity contribution in [2.24, 2.45) is 0 Å². The summed E-state index contributed by atoms with van der Waals surface area (Å²) >= 11 is 0. The van der Waals surface area contributed by atoms with Crippen molar-refractivity contribution in [2.75, 3.05) is 5.73 Å². The van der Waals surface area contributed by atoms with Gasteiger partial charge in [-0.25, -0.2) is 9.97 Å². The van der Waals surface area contributed by atoms with Crippen LogP contribution in [-0.4, -0.2) is 16.1 Å².